The molecule has 3 rings (SSSR count). The lowest BCUT2D eigenvalue weighted by atomic mass is 9.94. The van der Waals surface area contributed by atoms with Gasteiger partial charge in [0.25, 0.3) is 0 Å². The molecule has 1 saturated carbocycles. The van der Waals surface area contributed by atoms with Gasteiger partial charge in [0, 0.05) is 23.0 Å². The highest BCUT2D eigenvalue weighted by atomic mass is 79.9. The number of hydrogen-bond acceptors (Lipinski definition) is 1. The van der Waals surface area contributed by atoms with E-state index in [1.165, 1.54) is 37.7 Å². The minimum atomic E-state index is 0.190. The Morgan fingerprint density at radius 2 is 1.85 bits per heavy atom. The summed E-state index contributed by atoms with van der Waals surface area (Å²) in [6.45, 7) is 0.971. The number of nitrogens with zero attached hydrogens (tertiary/aromatic N) is 1. The molecule has 2 fully saturated rings. The predicted octanol–water partition coefficient (Wildman–Crippen LogP) is 4.17. The monoisotopic (exact) mass is 335 g/mol. The fraction of sp³-hybridized carbons (Fsp3) is 0.588. The van der Waals surface area contributed by atoms with E-state index in [4.69, 9.17) is 0 Å². The molecular weight excluding hydrogens is 314 g/mol. The van der Waals surface area contributed by atoms with E-state index >= 15 is 0 Å². The molecule has 1 aromatic carbocycles. The number of halogens is 1. The number of benzene rings is 1. The van der Waals surface area contributed by atoms with Crippen molar-refractivity contribution in [3.63, 3.8) is 0 Å². The first-order chi connectivity index (χ1) is 9.75. The summed E-state index contributed by atoms with van der Waals surface area (Å²) in [5.41, 5.74) is 1.26. The third kappa shape index (κ3) is 2.93. The Balaban J connectivity index is 1.65. The van der Waals surface area contributed by atoms with Gasteiger partial charge in [0.1, 0.15) is 0 Å². The highest BCUT2D eigenvalue weighted by molar-refractivity contribution is 9.10. The number of carbonyl (C=O) groups is 1. The van der Waals surface area contributed by atoms with Crippen LogP contribution in [0.25, 0.3) is 0 Å². The maximum absolute atomic E-state index is 12.6. The molecule has 0 radical (unpaired) electrons. The Kier molecular flexibility index (Phi) is 4.45. The summed E-state index contributed by atoms with van der Waals surface area (Å²) in [6.07, 6.45) is 8.27. The second-order valence-electron chi connectivity index (χ2n) is 6.10. The average Bonchev–Trinajstić information content (AvgIpc) is 2.84. The van der Waals surface area contributed by atoms with E-state index in [1.807, 2.05) is 6.07 Å². The van der Waals surface area contributed by atoms with Crippen molar-refractivity contribution in [2.45, 2.75) is 51.0 Å². The maximum Gasteiger partial charge on any atom is 0.226 e. The Bertz CT molecular complexity index is 482. The second kappa shape index (κ2) is 6.30. The molecule has 1 unspecified atom stereocenters. The molecule has 0 aromatic heterocycles. The predicted molar refractivity (Wildman–Crippen MR) is 84.5 cm³/mol. The van der Waals surface area contributed by atoms with E-state index in [0.717, 1.165) is 23.9 Å². The molecule has 0 bridgehead atoms. The van der Waals surface area contributed by atoms with Crippen LogP contribution in [0, 0.1) is 5.92 Å². The van der Waals surface area contributed by atoms with Crippen LogP contribution in [0.2, 0.25) is 0 Å². The molecule has 1 aliphatic carbocycles. The van der Waals surface area contributed by atoms with E-state index in [9.17, 15) is 4.79 Å². The molecule has 1 atom stereocenters. The molecule has 1 amide bonds. The molecule has 20 heavy (non-hydrogen) atoms. The normalized spacial score (nSPS) is 24.4. The van der Waals surface area contributed by atoms with Gasteiger partial charge in [0.15, 0.2) is 0 Å². The van der Waals surface area contributed by atoms with Crippen molar-refractivity contribution in [3.05, 3.63) is 34.3 Å². The second-order valence-corrected chi connectivity index (χ2v) is 6.96. The molecule has 1 heterocycles. The van der Waals surface area contributed by atoms with Crippen LogP contribution in [0.5, 0.6) is 0 Å². The van der Waals surface area contributed by atoms with Crippen LogP contribution < -0.4 is 0 Å². The summed E-state index contributed by atoms with van der Waals surface area (Å²) in [5.74, 6) is 0.586. The van der Waals surface area contributed by atoms with Gasteiger partial charge in [-0.3, -0.25) is 4.79 Å². The third-order valence-corrected chi connectivity index (χ3v) is 5.56. The van der Waals surface area contributed by atoms with Gasteiger partial charge in [0.05, 0.1) is 0 Å². The Morgan fingerprint density at radius 1 is 1.10 bits per heavy atom. The molecule has 0 N–H and O–H groups in total. The van der Waals surface area contributed by atoms with Crippen molar-refractivity contribution in [3.8, 4) is 0 Å². The molecule has 1 aromatic rings. The third-order valence-electron chi connectivity index (χ3n) is 4.79. The van der Waals surface area contributed by atoms with Gasteiger partial charge in [-0.25, -0.2) is 0 Å². The van der Waals surface area contributed by atoms with Crippen molar-refractivity contribution in [2.75, 3.05) is 6.54 Å². The summed E-state index contributed by atoms with van der Waals surface area (Å²) in [7, 11) is 0. The van der Waals surface area contributed by atoms with Crippen LogP contribution in [0.4, 0.5) is 0 Å². The summed E-state index contributed by atoms with van der Waals surface area (Å²) in [6, 6.07) is 8.80. The quantitative estimate of drug-likeness (QED) is 0.811. The topological polar surface area (TPSA) is 20.3 Å². The molecular formula is C17H22BrNO. The summed E-state index contributed by atoms with van der Waals surface area (Å²) in [5, 5.41) is 0. The van der Waals surface area contributed by atoms with Crippen LogP contribution in [0.15, 0.2) is 28.7 Å². The molecule has 3 heteroatoms. The van der Waals surface area contributed by atoms with Crippen LogP contribution in [-0.2, 0) is 11.2 Å². The van der Waals surface area contributed by atoms with Crippen LogP contribution in [-0.4, -0.2) is 23.4 Å². The van der Waals surface area contributed by atoms with Gasteiger partial charge in [-0.05, 0) is 37.3 Å². The molecule has 1 aliphatic heterocycles. The molecule has 1 saturated heterocycles. The maximum atomic E-state index is 12.6. The highest BCUT2D eigenvalue weighted by Gasteiger charge is 2.36. The van der Waals surface area contributed by atoms with Crippen molar-refractivity contribution < 1.29 is 4.79 Å². The van der Waals surface area contributed by atoms with Gasteiger partial charge in [0.2, 0.25) is 5.91 Å². The van der Waals surface area contributed by atoms with Crippen molar-refractivity contribution >= 4 is 21.8 Å². The highest BCUT2D eigenvalue weighted by Crippen LogP contribution is 2.31. The Hall–Kier alpha value is -0.830. The van der Waals surface area contributed by atoms with Crippen LogP contribution in [0.1, 0.15) is 44.1 Å². The first kappa shape index (κ1) is 14.1. The molecule has 108 valence electrons. The summed E-state index contributed by atoms with van der Waals surface area (Å²) >= 11 is 3.59. The SMILES string of the molecule is O=C1C(Cc2ccccc2Br)CCN1C1CCCCC1. The van der Waals surface area contributed by atoms with Crippen molar-refractivity contribution in [1.29, 1.82) is 0 Å². The minimum Gasteiger partial charge on any atom is -0.339 e. The zero-order valence-corrected chi connectivity index (χ0v) is 13.4. The largest absolute Gasteiger partial charge is 0.339 e. The van der Waals surface area contributed by atoms with Gasteiger partial charge >= 0.3 is 0 Å². The van der Waals surface area contributed by atoms with E-state index in [-0.39, 0.29) is 5.92 Å². The summed E-state index contributed by atoms with van der Waals surface area (Å²) < 4.78 is 1.13. The number of likely N-dealkylation sites (tertiary alicyclic amines) is 1. The number of carbonyl (C=O) groups excluding carboxylic acids is 1. The van der Waals surface area contributed by atoms with Crippen LogP contribution in [0.3, 0.4) is 0 Å². The van der Waals surface area contributed by atoms with Gasteiger partial charge in [-0.1, -0.05) is 53.4 Å². The zero-order chi connectivity index (χ0) is 13.9. The van der Waals surface area contributed by atoms with Crippen molar-refractivity contribution in [1.82, 2.24) is 4.90 Å². The zero-order valence-electron chi connectivity index (χ0n) is 11.9. The van der Waals surface area contributed by atoms with Gasteiger partial charge in [-0.2, -0.15) is 0 Å². The Morgan fingerprint density at radius 3 is 2.60 bits per heavy atom. The number of hydrogen-bond donors (Lipinski definition) is 0. The average molecular weight is 336 g/mol. The fourth-order valence-corrected chi connectivity index (χ4v) is 4.08. The number of amides is 1. The van der Waals surface area contributed by atoms with Gasteiger partial charge in [-0.15, -0.1) is 0 Å². The van der Waals surface area contributed by atoms with E-state index in [2.05, 4.69) is 39.0 Å². The first-order valence-corrected chi connectivity index (χ1v) is 8.59. The van der Waals surface area contributed by atoms with Crippen molar-refractivity contribution in [2.24, 2.45) is 5.92 Å². The van der Waals surface area contributed by atoms with E-state index in [1.54, 1.807) is 0 Å². The fourth-order valence-electron chi connectivity index (χ4n) is 3.64. The lowest BCUT2D eigenvalue weighted by Gasteiger charge is -2.31. The molecule has 2 aliphatic rings. The number of rotatable bonds is 3. The minimum absolute atomic E-state index is 0.190. The van der Waals surface area contributed by atoms with Gasteiger partial charge < -0.3 is 4.90 Å². The molecule has 0 spiro atoms. The van der Waals surface area contributed by atoms with E-state index < -0.39 is 0 Å². The Labute approximate surface area is 129 Å². The first-order valence-electron chi connectivity index (χ1n) is 7.79. The summed E-state index contributed by atoms with van der Waals surface area (Å²) in [4.78, 5) is 14.8. The lowest BCUT2D eigenvalue weighted by Crippen LogP contribution is -2.39. The van der Waals surface area contributed by atoms with Crippen LogP contribution >= 0.6 is 15.9 Å². The smallest absolute Gasteiger partial charge is 0.226 e. The standard InChI is InChI=1S/C17H22BrNO/c18-16-9-5-4-6-13(16)12-14-10-11-19(17(14)20)15-7-2-1-3-8-15/h4-6,9,14-15H,1-3,7-8,10-12H2. The lowest BCUT2D eigenvalue weighted by molar-refractivity contribution is -0.133. The molecule has 2 nitrogen and oxygen atoms in total. The van der Waals surface area contributed by atoms with E-state index in [0.29, 0.717) is 11.9 Å².